The Morgan fingerprint density at radius 3 is 2.76 bits per heavy atom. The zero-order valence-corrected chi connectivity index (χ0v) is 22.3. The smallest absolute Gasteiger partial charge is 0.253 e. The maximum absolute atomic E-state index is 13.5. The number of hydrogen-bond donors (Lipinski definition) is 1. The third-order valence-electron chi connectivity index (χ3n) is 7.70. The number of piperazine rings is 1. The predicted octanol–water partition coefficient (Wildman–Crippen LogP) is 3.82. The van der Waals surface area contributed by atoms with Gasteiger partial charge in [-0.25, -0.2) is 4.68 Å². The molecule has 4 aromatic rings. The van der Waals surface area contributed by atoms with Crippen LogP contribution in [0.4, 0.5) is 5.69 Å². The van der Waals surface area contributed by atoms with E-state index in [4.69, 9.17) is 16.3 Å². The van der Waals surface area contributed by atoms with E-state index >= 15 is 0 Å². The highest BCUT2D eigenvalue weighted by Crippen LogP contribution is 2.30. The number of ether oxygens (including phenoxy) is 1. The van der Waals surface area contributed by atoms with Gasteiger partial charge >= 0.3 is 0 Å². The van der Waals surface area contributed by atoms with E-state index in [1.807, 2.05) is 35.0 Å². The molecule has 2 atom stereocenters. The van der Waals surface area contributed by atoms with Gasteiger partial charge in [0.25, 0.3) is 5.56 Å². The average molecular weight is 534 g/mol. The Hall–Kier alpha value is -3.27. The number of nitrogens with zero attached hydrogens (tertiary/aromatic N) is 6. The minimum absolute atomic E-state index is 0.0829. The van der Waals surface area contributed by atoms with E-state index in [1.54, 1.807) is 0 Å². The van der Waals surface area contributed by atoms with Crippen LogP contribution in [0.25, 0.3) is 10.9 Å². The molecule has 0 bridgehead atoms. The summed E-state index contributed by atoms with van der Waals surface area (Å²) in [4.78, 5) is 21.3. The number of fused-ring (bicyclic) bond motifs is 1. The van der Waals surface area contributed by atoms with Gasteiger partial charge in [-0.15, -0.1) is 5.10 Å². The van der Waals surface area contributed by atoms with Gasteiger partial charge in [0.05, 0.1) is 12.6 Å². The third-order valence-corrected chi connectivity index (χ3v) is 7.93. The van der Waals surface area contributed by atoms with E-state index in [0.29, 0.717) is 17.9 Å². The summed E-state index contributed by atoms with van der Waals surface area (Å²) >= 11 is 6.25. The lowest BCUT2D eigenvalue weighted by atomic mass is 10.0. The SMILES string of the molecule is CCc1ccc2[nH]c(=O)c([C@H](c3nnnn3C[C@@H]3CCCO3)N3CCN(c4cccc(Cl)c4)CC3)cc2c1. The van der Waals surface area contributed by atoms with Crippen LogP contribution in [0.5, 0.6) is 0 Å². The van der Waals surface area contributed by atoms with Crippen LogP contribution < -0.4 is 10.5 Å². The zero-order valence-electron chi connectivity index (χ0n) is 21.5. The second-order valence-electron chi connectivity index (χ2n) is 10.1. The molecule has 0 unspecified atom stereocenters. The number of nitrogens with one attached hydrogen (secondary N) is 1. The molecule has 2 aromatic heterocycles. The molecule has 0 spiro atoms. The van der Waals surface area contributed by atoms with Gasteiger partial charge in [-0.1, -0.05) is 30.7 Å². The summed E-state index contributed by atoms with van der Waals surface area (Å²) in [5.41, 5.74) is 3.71. The highest BCUT2D eigenvalue weighted by Gasteiger charge is 2.33. The van der Waals surface area contributed by atoms with Gasteiger partial charge in [0.1, 0.15) is 6.04 Å². The second kappa shape index (κ2) is 10.8. The number of halogens is 1. The average Bonchev–Trinajstić information content (AvgIpc) is 3.62. The van der Waals surface area contributed by atoms with Crippen LogP contribution in [0.15, 0.2) is 53.3 Å². The number of benzene rings is 2. The van der Waals surface area contributed by atoms with Crippen LogP contribution in [-0.2, 0) is 17.7 Å². The fraction of sp³-hybridized carbons (Fsp3) is 0.429. The van der Waals surface area contributed by atoms with Crippen molar-refractivity contribution in [2.75, 3.05) is 37.7 Å². The van der Waals surface area contributed by atoms with E-state index in [0.717, 1.165) is 73.7 Å². The number of anilines is 1. The van der Waals surface area contributed by atoms with Crippen molar-refractivity contribution in [3.05, 3.63) is 80.9 Å². The van der Waals surface area contributed by atoms with E-state index in [1.165, 1.54) is 5.56 Å². The first kappa shape index (κ1) is 25.0. The molecule has 2 aromatic carbocycles. The molecule has 6 rings (SSSR count). The first-order valence-electron chi connectivity index (χ1n) is 13.4. The van der Waals surface area contributed by atoms with Crippen molar-refractivity contribution in [3.8, 4) is 0 Å². The Bertz CT molecular complexity index is 1470. The number of pyridine rings is 1. The molecule has 2 aliphatic heterocycles. The molecule has 1 N–H and O–H groups in total. The highest BCUT2D eigenvalue weighted by molar-refractivity contribution is 6.30. The van der Waals surface area contributed by atoms with Crippen molar-refractivity contribution in [1.29, 1.82) is 0 Å². The Labute approximate surface area is 226 Å². The van der Waals surface area contributed by atoms with Crippen molar-refractivity contribution >= 4 is 28.2 Å². The summed E-state index contributed by atoms with van der Waals surface area (Å²) in [7, 11) is 0. The fourth-order valence-electron chi connectivity index (χ4n) is 5.62. The molecule has 2 saturated heterocycles. The lowest BCUT2D eigenvalue weighted by Crippen LogP contribution is -2.49. The van der Waals surface area contributed by atoms with Crippen molar-refractivity contribution < 1.29 is 4.74 Å². The molecule has 0 amide bonds. The number of tetrazole rings is 1. The molecule has 198 valence electrons. The minimum Gasteiger partial charge on any atom is -0.376 e. The third kappa shape index (κ3) is 5.06. The topological polar surface area (TPSA) is 92.2 Å². The lowest BCUT2D eigenvalue weighted by molar-refractivity contribution is 0.0906. The Morgan fingerprint density at radius 2 is 2.00 bits per heavy atom. The quantitative estimate of drug-likeness (QED) is 0.386. The monoisotopic (exact) mass is 533 g/mol. The van der Waals surface area contributed by atoms with Crippen LogP contribution in [0.1, 0.15) is 42.8 Å². The Kier molecular flexibility index (Phi) is 7.14. The van der Waals surface area contributed by atoms with Crippen LogP contribution in [0, 0.1) is 0 Å². The zero-order chi connectivity index (χ0) is 26.1. The largest absolute Gasteiger partial charge is 0.376 e. The van der Waals surface area contributed by atoms with E-state index < -0.39 is 0 Å². The number of rotatable bonds is 7. The standard InChI is InChI=1S/C28H32ClN7O2/c1-2-19-8-9-25-20(15-19)16-24(28(37)30-25)26(27-31-32-33-36(27)18-23-7-4-14-38-23)35-12-10-34(11-13-35)22-6-3-5-21(29)17-22/h3,5-6,8-9,15-17,23,26H,2,4,7,10-14,18H2,1H3,(H,30,37)/t23-,26+/m0/s1. The molecule has 0 radical (unpaired) electrons. The molecule has 2 fully saturated rings. The summed E-state index contributed by atoms with van der Waals surface area (Å²) < 4.78 is 7.71. The molecule has 38 heavy (non-hydrogen) atoms. The summed E-state index contributed by atoms with van der Waals surface area (Å²) in [6.45, 7) is 6.57. The molecule has 9 nitrogen and oxygen atoms in total. The first-order chi connectivity index (χ1) is 18.6. The van der Waals surface area contributed by atoms with E-state index in [2.05, 4.69) is 55.4 Å². The maximum atomic E-state index is 13.5. The highest BCUT2D eigenvalue weighted by atomic mass is 35.5. The van der Waals surface area contributed by atoms with E-state index in [9.17, 15) is 4.79 Å². The summed E-state index contributed by atoms with van der Waals surface area (Å²) in [6, 6.07) is 15.8. The van der Waals surface area contributed by atoms with Crippen LogP contribution in [0.3, 0.4) is 0 Å². The number of aromatic amines is 1. The molecule has 4 heterocycles. The molecule has 0 saturated carbocycles. The molecular weight excluding hydrogens is 502 g/mol. The van der Waals surface area contributed by atoms with Gasteiger partial charge in [-0.2, -0.15) is 0 Å². The first-order valence-corrected chi connectivity index (χ1v) is 13.7. The summed E-state index contributed by atoms with van der Waals surface area (Å²) in [5.74, 6) is 0.674. The lowest BCUT2D eigenvalue weighted by Gasteiger charge is -2.39. The van der Waals surface area contributed by atoms with Crippen LogP contribution >= 0.6 is 11.6 Å². The Balaban J connectivity index is 1.37. The van der Waals surface area contributed by atoms with Gasteiger partial charge in [0.2, 0.25) is 0 Å². The number of aromatic nitrogens is 5. The van der Waals surface area contributed by atoms with Gasteiger partial charge in [-0.3, -0.25) is 9.69 Å². The van der Waals surface area contributed by atoms with Gasteiger partial charge in [0.15, 0.2) is 5.82 Å². The number of aryl methyl sites for hydroxylation is 1. The number of hydrogen-bond acceptors (Lipinski definition) is 7. The van der Waals surface area contributed by atoms with Crippen molar-refractivity contribution in [1.82, 2.24) is 30.1 Å². The molecule has 10 heteroatoms. The van der Waals surface area contributed by atoms with Gasteiger partial charge < -0.3 is 14.6 Å². The second-order valence-corrected chi connectivity index (χ2v) is 10.5. The minimum atomic E-state index is -0.383. The van der Waals surface area contributed by atoms with Crippen LogP contribution in [0.2, 0.25) is 5.02 Å². The normalized spacial score (nSPS) is 19.3. The van der Waals surface area contributed by atoms with Crippen molar-refractivity contribution in [2.45, 2.75) is 44.9 Å². The van der Waals surface area contributed by atoms with Crippen LogP contribution in [-0.4, -0.2) is 69.0 Å². The number of H-pyrrole nitrogens is 1. The van der Waals surface area contributed by atoms with Crippen molar-refractivity contribution in [2.24, 2.45) is 0 Å². The fourth-order valence-corrected chi connectivity index (χ4v) is 5.81. The van der Waals surface area contributed by atoms with E-state index in [-0.39, 0.29) is 17.7 Å². The predicted molar refractivity (Wildman–Crippen MR) is 148 cm³/mol. The van der Waals surface area contributed by atoms with Gasteiger partial charge in [-0.05, 0) is 77.0 Å². The molecule has 0 aliphatic carbocycles. The maximum Gasteiger partial charge on any atom is 0.253 e. The molecule has 2 aliphatic rings. The van der Waals surface area contributed by atoms with Crippen molar-refractivity contribution in [3.63, 3.8) is 0 Å². The Morgan fingerprint density at radius 1 is 1.13 bits per heavy atom. The van der Waals surface area contributed by atoms with Gasteiger partial charge in [0, 0.05) is 54.6 Å². The summed E-state index contributed by atoms with van der Waals surface area (Å²) in [6.07, 6.45) is 3.04. The summed E-state index contributed by atoms with van der Waals surface area (Å²) in [5, 5.41) is 14.6. The molecular formula is C28H32ClN7O2.